The number of benzene rings is 2. The van der Waals surface area contributed by atoms with Gasteiger partial charge in [0.15, 0.2) is 9.84 Å². The van der Waals surface area contributed by atoms with E-state index in [2.05, 4.69) is 0 Å². The van der Waals surface area contributed by atoms with Gasteiger partial charge in [0.1, 0.15) is 0 Å². The van der Waals surface area contributed by atoms with E-state index >= 15 is 0 Å². The second-order valence-corrected chi connectivity index (χ2v) is 7.75. The summed E-state index contributed by atoms with van der Waals surface area (Å²) in [6, 6.07) is 14.5. The predicted molar refractivity (Wildman–Crippen MR) is 80.8 cm³/mol. The van der Waals surface area contributed by atoms with E-state index in [9.17, 15) is 13.5 Å². The molecular formula is C15H16O3S2. The zero-order valence-corrected chi connectivity index (χ0v) is 12.9. The first kappa shape index (κ1) is 15.1. The molecule has 0 aromatic heterocycles. The molecule has 0 unspecified atom stereocenters. The summed E-state index contributed by atoms with van der Waals surface area (Å²) in [6.45, 7) is 1.73. The number of rotatable bonds is 4. The molecule has 0 saturated carbocycles. The van der Waals surface area contributed by atoms with E-state index in [1.54, 1.807) is 43.0 Å². The van der Waals surface area contributed by atoms with Crippen molar-refractivity contribution >= 4 is 21.6 Å². The van der Waals surface area contributed by atoms with E-state index in [0.29, 0.717) is 4.90 Å². The van der Waals surface area contributed by atoms with Gasteiger partial charge in [0.05, 0.1) is 11.0 Å². The highest BCUT2D eigenvalue weighted by Gasteiger charge is 2.07. The largest absolute Gasteiger partial charge is 0.389 e. The van der Waals surface area contributed by atoms with Gasteiger partial charge in [-0.1, -0.05) is 23.9 Å². The lowest BCUT2D eigenvalue weighted by molar-refractivity contribution is 0.199. The highest BCUT2D eigenvalue weighted by Crippen LogP contribution is 2.29. The summed E-state index contributed by atoms with van der Waals surface area (Å²) in [5.41, 5.74) is 0.877. The van der Waals surface area contributed by atoms with Crippen molar-refractivity contribution in [2.45, 2.75) is 27.7 Å². The molecule has 0 amide bonds. The van der Waals surface area contributed by atoms with Gasteiger partial charge in [0, 0.05) is 16.0 Å². The summed E-state index contributed by atoms with van der Waals surface area (Å²) >= 11 is 1.55. The summed E-state index contributed by atoms with van der Waals surface area (Å²) < 4.78 is 22.7. The first-order valence-corrected chi connectivity index (χ1v) is 8.83. The lowest BCUT2D eigenvalue weighted by Crippen LogP contribution is -1.95. The lowest BCUT2D eigenvalue weighted by atomic mass is 10.1. The molecule has 0 bridgehead atoms. The molecule has 0 heterocycles. The smallest absolute Gasteiger partial charge is 0.175 e. The van der Waals surface area contributed by atoms with Gasteiger partial charge < -0.3 is 5.11 Å². The number of aliphatic hydroxyl groups is 1. The van der Waals surface area contributed by atoms with Crippen LogP contribution in [0.2, 0.25) is 0 Å². The van der Waals surface area contributed by atoms with Crippen molar-refractivity contribution in [1.29, 1.82) is 0 Å². The Hall–Kier alpha value is -1.30. The molecule has 1 atom stereocenters. The van der Waals surface area contributed by atoms with Gasteiger partial charge >= 0.3 is 0 Å². The third-order valence-corrected chi connectivity index (χ3v) is 4.99. The van der Waals surface area contributed by atoms with Crippen LogP contribution in [0.4, 0.5) is 0 Å². The molecule has 0 aliphatic rings. The Balaban J connectivity index is 2.14. The SMILES string of the molecule is C[C@@H](O)c1ccc(Sc2ccc(S(C)(=O)=O)cc2)cc1. The standard InChI is InChI=1S/C15H16O3S2/c1-11(16)12-3-5-13(6-4-12)19-14-7-9-15(10-8-14)20(2,17)18/h3-11,16H,1-2H3/t11-/m1/s1. The van der Waals surface area contributed by atoms with E-state index in [0.717, 1.165) is 15.4 Å². The number of aliphatic hydroxyl groups excluding tert-OH is 1. The first-order valence-electron chi connectivity index (χ1n) is 6.12. The van der Waals surface area contributed by atoms with Gasteiger partial charge in [0.25, 0.3) is 0 Å². The van der Waals surface area contributed by atoms with Crippen LogP contribution in [0, 0.1) is 0 Å². The average Bonchev–Trinajstić information content (AvgIpc) is 2.39. The minimum absolute atomic E-state index is 0.325. The van der Waals surface area contributed by atoms with Gasteiger partial charge in [-0.25, -0.2) is 8.42 Å². The maximum atomic E-state index is 11.4. The normalized spacial score (nSPS) is 13.2. The van der Waals surface area contributed by atoms with Gasteiger partial charge in [-0.15, -0.1) is 0 Å². The molecule has 0 radical (unpaired) electrons. The zero-order chi connectivity index (χ0) is 14.8. The fraction of sp³-hybridized carbons (Fsp3) is 0.200. The third-order valence-electron chi connectivity index (χ3n) is 2.85. The molecular weight excluding hydrogens is 292 g/mol. The van der Waals surface area contributed by atoms with E-state index in [1.165, 1.54) is 6.26 Å². The maximum absolute atomic E-state index is 11.4. The maximum Gasteiger partial charge on any atom is 0.175 e. The average molecular weight is 308 g/mol. The van der Waals surface area contributed by atoms with Crippen LogP contribution >= 0.6 is 11.8 Å². The fourth-order valence-corrected chi connectivity index (χ4v) is 3.15. The Morgan fingerprint density at radius 2 is 1.40 bits per heavy atom. The Kier molecular flexibility index (Phi) is 4.52. The lowest BCUT2D eigenvalue weighted by Gasteiger charge is -2.06. The quantitative estimate of drug-likeness (QED) is 0.941. The van der Waals surface area contributed by atoms with Crippen molar-refractivity contribution in [3.63, 3.8) is 0 Å². The van der Waals surface area contributed by atoms with Gasteiger partial charge in [-0.05, 0) is 48.9 Å². The van der Waals surface area contributed by atoms with Crippen molar-refractivity contribution < 1.29 is 13.5 Å². The molecule has 0 saturated heterocycles. The van der Waals surface area contributed by atoms with Crippen molar-refractivity contribution in [3.8, 4) is 0 Å². The molecule has 0 aliphatic carbocycles. The zero-order valence-electron chi connectivity index (χ0n) is 11.3. The van der Waals surface area contributed by atoms with E-state index < -0.39 is 15.9 Å². The highest BCUT2D eigenvalue weighted by atomic mass is 32.2. The molecule has 20 heavy (non-hydrogen) atoms. The van der Waals surface area contributed by atoms with Crippen LogP contribution < -0.4 is 0 Å². The van der Waals surface area contributed by atoms with Gasteiger partial charge in [-0.2, -0.15) is 0 Å². The number of sulfone groups is 1. The molecule has 2 rings (SSSR count). The monoisotopic (exact) mass is 308 g/mol. The van der Waals surface area contributed by atoms with Crippen LogP contribution in [0.3, 0.4) is 0 Å². The summed E-state index contributed by atoms with van der Waals surface area (Å²) in [5.74, 6) is 0. The summed E-state index contributed by atoms with van der Waals surface area (Å²) in [5, 5.41) is 9.45. The van der Waals surface area contributed by atoms with Gasteiger partial charge in [0.2, 0.25) is 0 Å². The van der Waals surface area contributed by atoms with Crippen LogP contribution in [-0.2, 0) is 9.84 Å². The Morgan fingerprint density at radius 1 is 0.950 bits per heavy atom. The summed E-state index contributed by atoms with van der Waals surface area (Å²) in [6.07, 6.45) is 0.729. The number of hydrogen-bond acceptors (Lipinski definition) is 4. The Labute approximate surface area is 123 Å². The molecule has 0 fully saturated rings. The second kappa shape index (κ2) is 5.99. The van der Waals surface area contributed by atoms with E-state index in [-0.39, 0.29) is 0 Å². The Morgan fingerprint density at radius 3 is 1.80 bits per heavy atom. The molecule has 106 valence electrons. The number of hydrogen-bond donors (Lipinski definition) is 1. The molecule has 1 N–H and O–H groups in total. The molecule has 2 aromatic rings. The van der Waals surface area contributed by atoms with Crippen molar-refractivity contribution in [1.82, 2.24) is 0 Å². The highest BCUT2D eigenvalue weighted by molar-refractivity contribution is 7.99. The summed E-state index contributed by atoms with van der Waals surface area (Å²) in [4.78, 5) is 2.34. The predicted octanol–water partition coefficient (Wildman–Crippen LogP) is 3.29. The van der Waals surface area contributed by atoms with Crippen LogP contribution in [0.25, 0.3) is 0 Å². The van der Waals surface area contributed by atoms with Crippen molar-refractivity contribution in [2.24, 2.45) is 0 Å². The van der Waals surface area contributed by atoms with E-state index in [4.69, 9.17) is 0 Å². The van der Waals surface area contributed by atoms with E-state index in [1.807, 2.05) is 24.3 Å². The molecule has 0 aliphatic heterocycles. The van der Waals surface area contributed by atoms with Gasteiger partial charge in [-0.3, -0.25) is 0 Å². The minimum Gasteiger partial charge on any atom is -0.389 e. The second-order valence-electron chi connectivity index (χ2n) is 4.59. The van der Waals surface area contributed by atoms with Crippen LogP contribution in [-0.4, -0.2) is 19.8 Å². The molecule has 3 nitrogen and oxygen atoms in total. The van der Waals surface area contributed by atoms with Crippen LogP contribution in [0.15, 0.2) is 63.2 Å². The fourth-order valence-electron chi connectivity index (χ4n) is 1.71. The minimum atomic E-state index is -3.14. The first-order chi connectivity index (χ1) is 9.36. The van der Waals surface area contributed by atoms with Crippen molar-refractivity contribution in [2.75, 3.05) is 6.26 Å². The molecule has 0 spiro atoms. The van der Waals surface area contributed by atoms with Crippen molar-refractivity contribution in [3.05, 3.63) is 54.1 Å². The van der Waals surface area contributed by atoms with Crippen LogP contribution in [0.1, 0.15) is 18.6 Å². The molecule has 2 aromatic carbocycles. The summed E-state index contributed by atoms with van der Waals surface area (Å²) in [7, 11) is -3.14. The Bertz CT molecular complexity index is 672. The molecule has 5 heteroatoms. The topological polar surface area (TPSA) is 54.4 Å². The van der Waals surface area contributed by atoms with Crippen LogP contribution in [0.5, 0.6) is 0 Å². The third kappa shape index (κ3) is 3.85.